The summed E-state index contributed by atoms with van der Waals surface area (Å²) in [6, 6.07) is 19.2. The molecule has 0 aromatic heterocycles. The van der Waals surface area contributed by atoms with Crippen LogP contribution in [0.2, 0.25) is 0 Å². The minimum Gasteiger partial charge on any atom is -0.493 e. The zero-order valence-corrected chi connectivity index (χ0v) is 13.8. The van der Waals surface area contributed by atoms with Gasteiger partial charge in [-0.25, -0.2) is 0 Å². The molecule has 2 nitrogen and oxygen atoms in total. The van der Waals surface area contributed by atoms with Gasteiger partial charge in [0.1, 0.15) is 5.75 Å². The first-order valence-electron chi connectivity index (χ1n) is 8.50. The summed E-state index contributed by atoms with van der Waals surface area (Å²) >= 11 is 0. The average Bonchev–Trinajstić information content (AvgIpc) is 2.59. The lowest BCUT2D eigenvalue weighted by Crippen LogP contribution is -2.01. The lowest BCUT2D eigenvalue weighted by molar-refractivity contribution is 0.127. The van der Waals surface area contributed by atoms with Crippen molar-refractivity contribution < 1.29 is 9.47 Å². The van der Waals surface area contributed by atoms with Crippen LogP contribution in [0.5, 0.6) is 5.75 Å². The molecular formula is C21H24O2. The molecule has 0 saturated carbocycles. The van der Waals surface area contributed by atoms with E-state index >= 15 is 0 Å². The van der Waals surface area contributed by atoms with Gasteiger partial charge in [-0.2, -0.15) is 0 Å². The molecule has 0 aliphatic rings. The van der Waals surface area contributed by atoms with Gasteiger partial charge in [-0.1, -0.05) is 43.3 Å². The molecule has 3 aromatic carbocycles. The second kappa shape index (κ2) is 7.98. The van der Waals surface area contributed by atoms with Crippen LogP contribution in [0.25, 0.3) is 21.5 Å². The van der Waals surface area contributed by atoms with E-state index in [1.807, 2.05) is 0 Å². The van der Waals surface area contributed by atoms with E-state index in [1.165, 1.54) is 21.5 Å². The fraction of sp³-hybridized carbons (Fsp3) is 0.333. The van der Waals surface area contributed by atoms with Crippen LogP contribution in [0.15, 0.2) is 54.6 Å². The van der Waals surface area contributed by atoms with Gasteiger partial charge in [0.05, 0.1) is 6.61 Å². The number of benzene rings is 3. The lowest BCUT2D eigenvalue weighted by Gasteiger charge is -2.10. The Bertz CT molecular complexity index is 764. The van der Waals surface area contributed by atoms with E-state index in [2.05, 4.69) is 61.5 Å². The summed E-state index contributed by atoms with van der Waals surface area (Å²) in [5.74, 6) is 0.975. The molecule has 0 saturated heterocycles. The number of ether oxygens (including phenoxy) is 2. The van der Waals surface area contributed by atoms with Crippen molar-refractivity contribution in [2.45, 2.75) is 26.2 Å². The van der Waals surface area contributed by atoms with Crippen molar-refractivity contribution in [2.75, 3.05) is 19.8 Å². The Kier molecular flexibility index (Phi) is 5.49. The Balaban J connectivity index is 1.67. The van der Waals surface area contributed by atoms with E-state index in [1.54, 1.807) is 0 Å². The van der Waals surface area contributed by atoms with E-state index in [9.17, 15) is 0 Å². The molecule has 0 heterocycles. The molecule has 3 rings (SSSR count). The van der Waals surface area contributed by atoms with E-state index < -0.39 is 0 Å². The Morgan fingerprint density at radius 3 is 2.30 bits per heavy atom. The molecule has 0 N–H and O–H groups in total. The average molecular weight is 308 g/mol. The zero-order chi connectivity index (χ0) is 15.9. The molecule has 0 atom stereocenters. The Hall–Kier alpha value is -2.06. The Morgan fingerprint density at radius 1 is 0.739 bits per heavy atom. The Morgan fingerprint density at radius 2 is 1.48 bits per heavy atom. The number of hydrogen-bond donors (Lipinski definition) is 0. The number of hydrogen-bond acceptors (Lipinski definition) is 2. The van der Waals surface area contributed by atoms with Gasteiger partial charge in [-0.05, 0) is 53.6 Å². The number of rotatable bonds is 8. The van der Waals surface area contributed by atoms with Crippen molar-refractivity contribution >= 4 is 21.5 Å². The third-order valence-corrected chi connectivity index (χ3v) is 4.00. The van der Waals surface area contributed by atoms with Crippen LogP contribution in [-0.4, -0.2) is 19.8 Å². The predicted molar refractivity (Wildman–Crippen MR) is 97.3 cm³/mol. The summed E-state index contributed by atoms with van der Waals surface area (Å²) < 4.78 is 11.5. The molecule has 23 heavy (non-hydrogen) atoms. The van der Waals surface area contributed by atoms with Crippen LogP contribution >= 0.6 is 0 Å². The van der Waals surface area contributed by atoms with Crippen molar-refractivity contribution in [3.63, 3.8) is 0 Å². The highest BCUT2D eigenvalue weighted by atomic mass is 16.5. The number of fused-ring (bicyclic) bond motifs is 2. The van der Waals surface area contributed by atoms with E-state index in [4.69, 9.17) is 9.47 Å². The van der Waals surface area contributed by atoms with Gasteiger partial charge in [0.2, 0.25) is 0 Å². The van der Waals surface area contributed by atoms with Crippen molar-refractivity contribution in [3.05, 3.63) is 54.6 Å². The molecule has 0 bridgehead atoms. The van der Waals surface area contributed by atoms with Crippen molar-refractivity contribution in [1.29, 1.82) is 0 Å². The van der Waals surface area contributed by atoms with Crippen molar-refractivity contribution in [1.82, 2.24) is 0 Å². The van der Waals surface area contributed by atoms with Crippen LogP contribution in [0.4, 0.5) is 0 Å². The van der Waals surface area contributed by atoms with Crippen LogP contribution in [0.3, 0.4) is 0 Å². The maximum Gasteiger partial charge on any atom is 0.127 e. The lowest BCUT2D eigenvalue weighted by atomic mass is 10.0. The predicted octanol–water partition coefficient (Wildman–Crippen LogP) is 5.58. The molecule has 0 unspecified atom stereocenters. The quantitative estimate of drug-likeness (QED) is 0.399. The highest BCUT2D eigenvalue weighted by molar-refractivity contribution is 6.00. The van der Waals surface area contributed by atoms with Gasteiger partial charge < -0.3 is 9.47 Å². The first-order chi connectivity index (χ1) is 11.4. The zero-order valence-electron chi connectivity index (χ0n) is 13.8. The second-order valence-electron chi connectivity index (χ2n) is 5.84. The molecule has 0 aliphatic heterocycles. The monoisotopic (exact) mass is 308 g/mol. The maximum atomic E-state index is 6.02. The molecule has 0 fully saturated rings. The van der Waals surface area contributed by atoms with Crippen molar-refractivity contribution in [2.24, 2.45) is 0 Å². The van der Waals surface area contributed by atoms with Crippen LogP contribution < -0.4 is 4.74 Å². The topological polar surface area (TPSA) is 18.5 Å². The van der Waals surface area contributed by atoms with Gasteiger partial charge in [0, 0.05) is 18.6 Å². The van der Waals surface area contributed by atoms with Gasteiger partial charge in [-0.15, -0.1) is 0 Å². The summed E-state index contributed by atoms with van der Waals surface area (Å²) in [6.07, 6.45) is 3.15. The van der Waals surface area contributed by atoms with Crippen LogP contribution in [-0.2, 0) is 4.74 Å². The minimum absolute atomic E-state index is 0.738. The molecule has 0 aliphatic carbocycles. The van der Waals surface area contributed by atoms with Gasteiger partial charge in [0.25, 0.3) is 0 Å². The molecule has 0 radical (unpaired) electrons. The normalized spacial score (nSPS) is 11.2. The first-order valence-corrected chi connectivity index (χ1v) is 8.50. The smallest absolute Gasteiger partial charge is 0.127 e. The summed E-state index contributed by atoms with van der Waals surface area (Å²) in [4.78, 5) is 0. The van der Waals surface area contributed by atoms with E-state index in [0.29, 0.717) is 0 Å². The molecule has 3 aromatic rings. The first kappa shape index (κ1) is 15.8. The van der Waals surface area contributed by atoms with Gasteiger partial charge in [-0.3, -0.25) is 0 Å². The third kappa shape index (κ3) is 4.02. The Labute approximate surface area is 138 Å². The fourth-order valence-electron chi connectivity index (χ4n) is 2.80. The summed E-state index contributed by atoms with van der Waals surface area (Å²) in [5.41, 5.74) is 0. The fourth-order valence-corrected chi connectivity index (χ4v) is 2.80. The van der Waals surface area contributed by atoms with Gasteiger partial charge in [0.15, 0.2) is 0 Å². The summed E-state index contributed by atoms with van der Waals surface area (Å²) in [6.45, 7) is 4.56. The highest BCUT2D eigenvalue weighted by Crippen LogP contribution is 2.30. The minimum atomic E-state index is 0.738. The highest BCUT2D eigenvalue weighted by Gasteiger charge is 2.04. The van der Waals surface area contributed by atoms with Crippen LogP contribution in [0, 0.1) is 0 Å². The third-order valence-electron chi connectivity index (χ3n) is 4.00. The molecule has 0 amide bonds. The number of unbranched alkanes of at least 4 members (excludes halogenated alkanes) is 1. The van der Waals surface area contributed by atoms with Crippen LogP contribution in [0.1, 0.15) is 26.2 Å². The molecule has 0 spiro atoms. The van der Waals surface area contributed by atoms with E-state index in [-0.39, 0.29) is 0 Å². The second-order valence-corrected chi connectivity index (χ2v) is 5.84. The SMILES string of the molecule is CCCOCCCCOc1cccc2cc3ccccc3cc12. The van der Waals surface area contributed by atoms with Gasteiger partial charge >= 0.3 is 0 Å². The molecule has 120 valence electrons. The molecular weight excluding hydrogens is 284 g/mol. The van der Waals surface area contributed by atoms with E-state index in [0.717, 1.165) is 44.8 Å². The summed E-state index contributed by atoms with van der Waals surface area (Å²) in [7, 11) is 0. The maximum absolute atomic E-state index is 6.02. The van der Waals surface area contributed by atoms with Crippen molar-refractivity contribution in [3.8, 4) is 5.75 Å². The molecule has 2 heteroatoms. The standard InChI is InChI=1S/C21H24O2/c1-2-12-22-13-5-6-14-23-21-11-7-10-19-15-17-8-3-4-9-18(17)16-20(19)21/h3-4,7-11,15-16H,2,5-6,12-14H2,1H3. The largest absolute Gasteiger partial charge is 0.493 e. The summed E-state index contributed by atoms with van der Waals surface area (Å²) in [5, 5.41) is 4.94.